The number of nitrogens with zero attached hydrogens (tertiary/aromatic N) is 6. The monoisotopic (exact) mass is 448 g/mol. The van der Waals surface area contributed by atoms with Crippen molar-refractivity contribution in [2.24, 2.45) is 5.92 Å². The quantitative estimate of drug-likeness (QED) is 0.356. The average molecular weight is 449 g/mol. The second kappa shape index (κ2) is 7.51. The molecule has 0 spiro atoms. The summed E-state index contributed by atoms with van der Waals surface area (Å²) in [5.41, 5.74) is 12.4. The van der Waals surface area contributed by atoms with Crippen LogP contribution in [0.1, 0.15) is 30.3 Å². The SMILES string of the molecule is N#Cc1c(N)nc(N)nc1N[C@H](c1nc2cccc(Cl)c2c(=O)n1-c1cn[nH]c1)C1CC1. The number of hydrogen-bond acceptors (Lipinski definition) is 9. The van der Waals surface area contributed by atoms with Crippen LogP contribution in [0.4, 0.5) is 17.6 Å². The van der Waals surface area contributed by atoms with E-state index < -0.39 is 6.04 Å². The molecule has 0 aliphatic heterocycles. The summed E-state index contributed by atoms with van der Waals surface area (Å²) in [6.07, 6.45) is 4.94. The van der Waals surface area contributed by atoms with Gasteiger partial charge in [0, 0.05) is 6.20 Å². The minimum absolute atomic E-state index is 0.0254. The molecule has 1 atom stereocenters. The zero-order valence-electron chi connectivity index (χ0n) is 16.6. The first-order chi connectivity index (χ1) is 15.5. The number of nitrogens with one attached hydrogen (secondary N) is 2. The first kappa shape index (κ1) is 19.8. The molecule has 160 valence electrons. The summed E-state index contributed by atoms with van der Waals surface area (Å²) in [4.78, 5) is 26.4. The number of halogens is 1. The molecule has 3 heterocycles. The topological polar surface area (TPSA) is 177 Å². The third-order valence-corrected chi connectivity index (χ3v) is 5.66. The highest BCUT2D eigenvalue weighted by molar-refractivity contribution is 6.35. The van der Waals surface area contributed by atoms with E-state index in [1.807, 2.05) is 6.07 Å². The van der Waals surface area contributed by atoms with Crippen LogP contribution in [-0.4, -0.2) is 29.7 Å². The minimum Gasteiger partial charge on any atom is -0.382 e. The van der Waals surface area contributed by atoms with Crippen LogP contribution in [0.5, 0.6) is 0 Å². The van der Waals surface area contributed by atoms with Gasteiger partial charge in [-0.3, -0.25) is 14.5 Å². The first-order valence-corrected chi connectivity index (χ1v) is 10.2. The van der Waals surface area contributed by atoms with Crippen molar-refractivity contribution in [2.45, 2.75) is 18.9 Å². The van der Waals surface area contributed by atoms with Crippen LogP contribution in [0.25, 0.3) is 16.6 Å². The second-order valence-corrected chi connectivity index (χ2v) is 7.87. The van der Waals surface area contributed by atoms with Crippen LogP contribution in [0.15, 0.2) is 35.4 Å². The molecule has 3 aromatic heterocycles. The van der Waals surface area contributed by atoms with E-state index in [1.165, 1.54) is 10.8 Å². The number of H-pyrrole nitrogens is 1. The highest BCUT2D eigenvalue weighted by Crippen LogP contribution is 2.43. The number of benzene rings is 1. The lowest BCUT2D eigenvalue weighted by molar-refractivity contribution is 0.609. The minimum atomic E-state index is -0.457. The van der Waals surface area contributed by atoms with Gasteiger partial charge in [0.2, 0.25) is 5.95 Å². The van der Waals surface area contributed by atoms with E-state index in [0.29, 0.717) is 27.4 Å². The molecule has 1 fully saturated rings. The number of rotatable bonds is 5. The lowest BCUT2D eigenvalue weighted by Crippen LogP contribution is -2.29. The summed E-state index contributed by atoms with van der Waals surface area (Å²) in [7, 11) is 0. The Morgan fingerprint density at radius 3 is 2.78 bits per heavy atom. The Bertz CT molecular complexity index is 1440. The van der Waals surface area contributed by atoms with E-state index in [-0.39, 0.29) is 34.6 Å². The summed E-state index contributed by atoms with van der Waals surface area (Å²) >= 11 is 6.33. The fourth-order valence-electron chi connectivity index (χ4n) is 3.71. The van der Waals surface area contributed by atoms with Crippen LogP contribution in [0.2, 0.25) is 5.02 Å². The molecule has 12 heteroatoms. The Morgan fingerprint density at radius 2 is 2.09 bits per heavy atom. The first-order valence-electron chi connectivity index (χ1n) is 9.78. The van der Waals surface area contributed by atoms with Crippen LogP contribution in [0.3, 0.4) is 0 Å². The largest absolute Gasteiger partial charge is 0.382 e. The molecule has 0 radical (unpaired) electrons. The maximum Gasteiger partial charge on any atom is 0.267 e. The number of aromatic nitrogens is 6. The van der Waals surface area contributed by atoms with Crippen LogP contribution in [-0.2, 0) is 0 Å². The van der Waals surface area contributed by atoms with Gasteiger partial charge in [-0.1, -0.05) is 17.7 Å². The van der Waals surface area contributed by atoms with Crippen molar-refractivity contribution in [1.29, 1.82) is 5.26 Å². The molecule has 1 saturated carbocycles. The Morgan fingerprint density at radius 1 is 1.28 bits per heavy atom. The molecule has 1 aliphatic carbocycles. The van der Waals surface area contributed by atoms with Gasteiger partial charge in [0.25, 0.3) is 5.56 Å². The van der Waals surface area contributed by atoms with Crippen molar-refractivity contribution in [3.8, 4) is 11.8 Å². The number of nitriles is 1. The molecule has 4 aromatic rings. The fourth-order valence-corrected chi connectivity index (χ4v) is 3.96. The molecule has 0 amide bonds. The highest BCUT2D eigenvalue weighted by Gasteiger charge is 2.37. The molecular formula is C20H17ClN10O. The van der Waals surface area contributed by atoms with Gasteiger partial charge in [0.15, 0.2) is 5.82 Å². The molecule has 0 saturated heterocycles. The third-order valence-electron chi connectivity index (χ3n) is 5.34. The molecule has 1 aliphatic rings. The van der Waals surface area contributed by atoms with E-state index in [2.05, 4.69) is 25.5 Å². The maximum absolute atomic E-state index is 13.6. The second-order valence-electron chi connectivity index (χ2n) is 7.46. The summed E-state index contributed by atoms with van der Waals surface area (Å²) in [6, 6.07) is 6.67. The van der Waals surface area contributed by atoms with Gasteiger partial charge in [-0.2, -0.15) is 20.3 Å². The van der Waals surface area contributed by atoms with Gasteiger partial charge < -0.3 is 16.8 Å². The maximum atomic E-state index is 13.6. The predicted molar refractivity (Wildman–Crippen MR) is 119 cm³/mol. The lowest BCUT2D eigenvalue weighted by Gasteiger charge is -2.23. The van der Waals surface area contributed by atoms with Crippen LogP contribution >= 0.6 is 11.6 Å². The van der Waals surface area contributed by atoms with E-state index in [0.717, 1.165) is 12.8 Å². The van der Waals surface area contributed by atoms with E-state index in [4.69, 9.17) is 28.1 Å². The zero-order valence-corrected chi connectivity index (χ0v) is 17.3. The Balaban J connectivity index is 1.75. The Labute approximate surface area is 186 Å². The van der Waals surface area contributed by atoms with Crippen LogP contribution in [0, 0.1) is 17.2 Å². The van der Waals surface area contributed by atoms with Gasteiger partial charge >= 0.3 is 0 Å². The summed E-state index contributed by atoms with van der Waals surface area (Å²) in [5.74, 6) is 0.689. The van der Waals surface area contributed by atoms with Gasteiger partial charge in [0.1, 0.15) is 23.3 Å². The summed E-state index contributed by atoms with van der Waals surface area (Å²) < 4.78 is 1.47. The molecule has 32 heavy (non-hydrogen) atoms. The highest BCUT2D eigenvalue weighted by atomic mass is 35.5. The third kappa shape index (κ3) is 3.27. The number of aromatic amines is 1. The summed E-state index contributed by atoms with van der Waals surface area (Å²) in [5, 5.41) is 20.1. The number of nitrogen functional groups attached to an aromatic ring is 2. The number of fused-ring (bicyclic) bond motifs is 1. The number of hydrogen-bond donors (Lipinski definition) is 4. The van der Waals surface area contributed by atoms with E-state index >= 15 is 0 Å². The molecule has 11 nitrogen and oxygen atoms in total. The van der Waals surface area contributed by atoms with Crippen molar-refractivity contribution in [3.63, 3.8) is 0 Å². The number of nitrogens with two attached hydrogens (primary N) is 2. The smallest absolute Gasteiger partial charge is 0.267 e. The number of anilines is 3. The van der Waals surface area contributed by atoms with Gasteiger partial charge in [-0.05, 0) is 30.9 Å². The average Bonchev–Trinajstić information content (AvgIpc) is 3.45. The lowest BCUT2D eigenvalue weighted by atomic mass is 10.1. The van der Waals surface area contributed by atoms with Gasteiger partial charge in [-0.25, -0.2) is 4.98 Å². The molecule has 0 unspecified atom stereocenters. The zero-order chi connectivity index (χ0) is 22.4. The summed E-state index contributed by atoms with van der Waals surface area (Å²) in [6.45, 7) is 0. The Hall–Kier alpha value is -4.17. The van der Waals surface area contributed by atoms with Crippen molar-refractivity contribution in [3.05, 3.63) is 57.4 Å². The Kier molecular flexibility index (Phi) is 4.64. The van der Waals surface area contributed by atoms with E-state index in [9.17, 15) is 10.1 Å². The molecular weight excluding hydrogens is 432 g/mol. The van der Waals surface area contributed by atoms with Crippen molar-refractivity contribution in [1.82, 2.24) is 29.7 Å². The normalized spacial score (nSPS) is 14.2. The standard InChI is InChI=1S/C20H17ClN10O/c21-12-2-1-3-13-14(12)19(32)31(10-7-25-26-8-10)18(27-13)15(9-4-5-9)28-17-11(6-22)16(23)29-20(24)30-17/h1-3,7-9,15H,4-5H2,(H,25,26)(H5,23,24,28,29,30)/t15-/m0/s1. The van der Waals surface area contributed by atoms with Gasteiger partial charge in [0.05, 0.1) is 33.9 Å². The van der Waals surface area contributed by atoms with Crippen molar-refractivity contribution in [2.75, 3.05) is 16.8 Å². The fraction of sp³-hybridized carbons (Fsp3) is 0.200. The molecule has 6 N–H and O–H groups in total. The molecule has 1 aromatic carbocycles. The van der Waals surface area contributed by atoms with E-state index in [1.54, 1.807) is 24.4 Å². The van der Waals surface area contributed by atoms with Crippen molar-refractivity contribution < 1.29 is 0 Å². The molecule has 5 rings (SSSR count). The van der Waals surface area contributed by atoms with Crippen LogP contribution < -0.4 is 22.3 Å². The van der Waals surface area contributed by atoms with Gasteiger partial charge in [-0.15, -0.1) is 0 Å². The molecule has 0 bridgehead atoms. The predicted octanol–water partition coefficient (Wildman–Crippen LogP) is 2.15. The van der Waals surface area contributed by atoms with Crippen molar-refractivity contribution >= 4 is 40.1 Å².